The lowest BCUT2D eigenvalue weighted by atomic mass is 10.1. The summed E-state index contributed by atoms with van der Waals surface area (Å²) >= 11 is 1.04. The molecule has 44 heavy (non-hydrogen) atoms. The summed E-state index contributed by atoms with van der Waals surface area (Å²) in [5.41, 5.74) is 2.28. The Labute approximate surface area is 263 Å². The molecule has 0 spiro atoms. The number of carbonyl (C=O) groups excluding carboxylic acids is 2. The fraction of sp³-hybridized carbons (Fsp3) is 0.344. The molecule has 4 aromatic rings. The van der Waals surface area contributed by atoms with Gasteiger partial charge in [0.05, 0.1) is 35.8 Å². The van der Waals surface area contributed by atoms with Gasteiger partial charge in [-0.15, -0.1) is 12.8 Å². The van der Waals surface area contributed by atoms with Crippen molar-refractivity contribution in [3.63, 3.8) is 0 Å². The Hall–Kier alpha value is -4.73. The molecule has 1 aliphatic rings. The van der Waals surface area contributed by atoms with Crippen LogP contribution in [0.4, 0.5) is 17.3 Å². The summed E-state index contributed by atoms with van der Waals surface area (Å²) in [5.74, 6) is 2.15. The fourth-order valence-corrected chi connectivity index (χ4v) is 4.38. The van der Waals surface area contributed by atoms with Gasteiger partial charge in [-0.2, -0.15) is 8.75 Å². The van der Waals surface area contributed by atoms with Gasteiger partial charge in [0.15, 0.2) is 17.9 Å². The number of likely N-dealkylation sites (N-methyl/N-ethyl adjacent to an activating group) is 1. The number of anilines is 3. The average Bonchev–Trinajstić information content (AvgIpc) is 3.73. The molecule has 1 aromatic carbocycles. The molecule has 0 aliphatic carbocycles. The number of benzene rings is 1. The molecule has 0 saturated carbocycles. The molecule has 0 radical (unpaired) electrons. The Morgan fingerprint density at radius 3 is 2.41 bits per heavy atom. The summed E-state index contributed by atoms with van der Waals surface area (Å²) in [5, 5.41) is 16.2. The number of amides is 1. The van der Waals surface area contributed by atoms with Crippen LogP contribution in [0.25, 0.3) is 0 Å². The van der Waals surface area contributed by atoms with Crippen LogP contribution in [0.5, 0.6) is 5.75 Å². The Kier molecular flexibility index (Phi) is 15.1. The molecule has 5 rings (SSSR count). The lowest BCUT2D eigenvalue weighted by Crippen LogP contribution is -2.47. The lowest BCUT2D eigenvalue weighted by molar-refractivity contribution is 0.0658. The van der Waals surface area contributed by atoms with E-state index in [1.54, 1.807) is 30.7 Å². The molecule has 4 heterocycles. The Bertz CT molecular complexity index is 1450. The van der Waals surface area contributed by atoms with Gasteiger partial charge >= 0.3 is 0 Å². The van der Waals surface area contributed by atoms with Crippen molar-refractivity contribution >= 4 is 41.2 Å². The number of hydrogen-bond donors (Lipinski definition) is 3. The second kappa shape index (κ2) is 18.7. The number of nitrogens with zero attached hydrogens (tertiary/aromatic N) is 5. The SMILES string of the molecule is C#C.CC.CC(C)c1coc(CNc2nsnc2Nc2cccc(C=O)c2O)c1.CN1CCN(C(=O)c2ccccn2)CC1. The maximum atomic E-state index is 12.0. The van der Waals surface area contributed by atoms with Gasteiger partial charge in [-0.25, -0.2) is 0 Å². The summed E-state index contributed by atoms with van der Waals surface area (Å²) in [4.78, 5) is 31.0. The number of aldehydes is 1. The summed E-state index contributed by atoms with van der Waals surface area (Å²) in [7, 11) is 2.07. The normalized spacial score (nSPS) is 12.4. The monoisotopic (exact) mass is 619 g/mol. The summed E-state index contributed by atoms with van der Waals surface area (Å²) in [6, 6.07) is 12.3. The number of hydrogen-bond acceptors (Lipinski definition) is 11. The van der Waals surface area contributed by atoms with Gasteiger partial charge in [-0.1, -0.05) is 39.8 Å². The van der Waals surface area contributed by atoms with Gasteiger partial charge < -0.3 is 30.0 Å². The first-order chi connectivity index (χ1) is 21.4. The second-order valence-corrected chi connectivity index (χ2v) is 10.1. The first-order valence-corrected chi connectivity index (χ1v) is 15.0. The van der Waals surface area contributed by atoms with Crippen LogP contribution in [0.15, 0.2) is 59.3 Å². The number of phenols is 1. The minimum atomic E-state index is -0.121. The number of carbonyl (C=O) groups is 2. The largest absolute Gasteiger partial charge is 0.505 e. The van der Waals surface area contributed by atoms with Crippen molar-refractivity contribution in [3.05, 3.63) is 77.5 Å². The molecule has 3 aromatic heterocycles. The van der Waals surface area contributed by atoms with Gasteiger partial charge in [0.1, 0.15) is 17.2 Å². The van der Waals surface area contributed by atoms with E-state index in [1.165, 1.54) is 6.07 Å². The molecule has 1 fully saturated rings. The van der Waals surface area contributed by atoms with E-state index in [-0.39, 0.29) is 17.2 Å². The number of rotatable bonds is 8. The van der Waals surface area contributed by atoms with Crippen molar-refractivity contribution in [2.75, 3.05) is 43.9 Å². The fourth-order valence-electron chi connectivity index (χ4n) is 3.90. The van der Waals surface area contributed by atoms with Crippen molar-refractivity contribution in [3.8, 4) is 18.6 Å². The molecular weight excluding hydrogens is 578 g/mol. The maximum absolute atomic E-state index is 12.0. The van der Waals surface area contributed by atoms with Gasteiger partial charge in [0.25, 0.3) is 5.91 Å². The van der Waals surface area contributed by atoms with Crippen LogP contribution in [-0.2, 0) is 6.54 Å². The minimum absolute atomic E-state index is 0.0451. The third-order valence-corrected chi connectivity index (χ3v) is 6.91. The summed E-state index contributed by atoms with van der Waals surface area (Å²) in [6.45, 7) is 12.2. The minimum Gasteiger partial charge on any atom is -0.505 e. The maximum Gasteiger partial charge on any atom is 0.272 e. The van der Waals surface area contributed by atoms with Crippen LogP contribution < -0.4 is 10.6 Å². The standard InChI is InChI=1S/C17H18N4O3S.C11H15N3O.C2H6.C2H2/c1-10(2)12-6-13(24-9-12)7-18-16-17(21-25-20-16)19-14-5-3-4-11(8-22)15(14)23;1-13-6-8-14(9-7-13)11(15)10-4-2-3-5-12-10;2*1-2/h3-6,8-10,23H,7H2,1-2H3,(H,18,20)(H,19,21);2-5H,6-9H2,1H3;1-2H3;1-2H. The van der Waals surface area contributed by atoms with Crippen LogP contribution in [0.2, 0.25) is 0 Å². The van der Waals surface area contributed by atoms with Crippen molar-refractivity contribution in [2.24, 2.45) is 0 Å². The van der Waals surface area contributed by atoms with E-state index in [9.17, 15) is 14.7 Å². The highest BCUT2D eigenvalue weighted by Gasteiger charge is 2.20. The molecule has 1 saturated heterocycles. The number of terminal acetylenes is 1. The zero-order chi connectivity index (χ0) is 32.5. The highest BCUT2D eigenvalue weighted by molar-refractivity contribution is 6.99. The number of aromatic nitrogens is 3. The summed E-state index contributed by atoms with van der Waals surface area (Å²) in [6.07, 6.45) is 12.0. The number of furan rings is 1. The molecule has 12 heteroatoms. The number of piperazine rings is 1. The Morgan fingerprint density at radius 2 is 1.80 bits per heavy atom. The molecule has 0 unspecified atom stereocenters. The van der Waals surface area contributed by atoms with E-state index in [2.05, 4.69) is 63.0 Å². The van der Waals surface area contributed by atoms with Crippen molar-refractivity contribution in [2.45, 2.75) is 40.2 Å². The zero-order valence-electron chi connectivity index (χ0n) is 25.9. The van der Waals surface area contributed by atoms with E-state index in [0.717, 1.165) is 49.2 Å². The van der Waals surface area contributed by atoms with Crippen LogP contribution in [-0.4, -0.2) is 74.1 Å². The van der Waals surface area contributed by atoms with E-state index < -0.39 is 0 Å². The number of para-hydroxylation sites is 1. The van der Waals surface area contributed by atoms with E-state index in [4.69, 9.17) is 4.42 Å². The van der Waals surface area contributed by atoms with Crippen molar-refractivity contribution < 1.29 is 19.1 Å². The van der Waals surface area contributed by atoms with Gasteiger partial charge in [-0.3, -0.25) is 14.6 Å². The predicted octanol–water partition coefficient (Wildman–Crippen LogP) is 5.87. The molecule has 3 N–H and O–H groups in total. The van der Waals surface area contributed by atoms with Crippen molar-refractivity contribution in [1.29, 1.82) is 0 Å². The quantitative estimate of drug-likeness (QED) is 0.125. The topological polar surface area (TPSA) is 137 Å². The zero-order valence-corrected chi connectivity index (χ0v) is 26.7. The number of pyridine rings is 1. The number of aromatic hydroxyl groups is 1. The van der Waals surface area contributed by atoms with Crippen LogP contribution in [0, 0.1) is 12.8 Å². The van der Waals surface area contributed by atoms with Gasteiger partial charge in [-0.05, 0) is 48.9 Å². The van der Waals surface area contributed by atoms with E-state index in [0.29, 0.717) is 41.8 Å². The van der Waals surface area contributed by atoms with Crippen molar-refractivity contribution in [1.82, 2.24) is 23.5 Å². The first kappa shape index (κ1) is 35.5. The second-order valence-electron chi connectivity index (χ2n) is 9.61. The molecule has 11 nitrogen and oxygen atoms in total. The van der Waals surface area contributed by atoms with Crippen LogP contribution >= 0.6 is 11.7 Å². The number of nitrogens with one attached hydrogen (secondary N) is 2. The third kappa shape index (κ3) is 10.2. The van der Waals surface area contributed by atoms with E-state index >= 15 is 0 Å². The predicted molar refractivity (Wildman–Crippen MR) is 176 cm³/mol. The van der Waals surface area contributed by atoms with Gasteiger partial charge in [0.2, 0.25) is 0 Å². The Balaban J connectivity index is 0.000000303. The smallest absolute Gasteiger partial charge is 0.272 e. The van der Waals surface area contributed by atoms with Crippen LogP contribution in [0.1, 0.15) is 65.8 Å². The Morgan fingerprint density at radius 1 is 1.09 bits per heavy atom. The molecular formula is C32H41N7O4S. The highest BCUT2D eigenvalue weighted by atomic mass is 32.1. The first-order valence-electron chi connectivity index (χ1n) is 14.3. The third-order valence-electron chi connectivity index (χ3n) is 6.38. The molecule has 0 atom stereocenters. The number of phenolic OH excluding ortho intramolecular Hbond substituents is 1. The molecule has 1 amide bonds. The molecule has 234 valence electrons. The van der Waals surface area contributed by atoms with Gasteiger partial charge in [0, 0.05) is 32.4 Å². The summed E-state index contributed by atoms with van der Waals surface area (Å²) < 4.78 is 13.9. The van der Waals surface area contributed by atoms with E-state index in [1.807, 2.05) is 36.9 Å². The highest BCUT2D eigenvalue weighted by Crippen LogP contribution is 2.31. The van der Waals surface area contributed by atoms with Crippen LogP contribution in [0.3, 0.4) is 0 Å². The molecule has 1 aliphatic heterocycles. The molecule has 0 bridgehead atoms. The average molecular weight is 620 g/mol. The lowest BCUT2D eigenvalue weighted by Gasteiger charge is -2.32.